The van der Waals surface area contributed by atoms with Crippen LogP contribution in [-0.4, -0.2) is 18.4 Å². The normalized spacial score (nSPS) is 10.5. The summed E-state index contributed by atoms with van der Waals surface area (Å²) in [6.45, 7) is -0.105. The van der Waals surface area contributed by atoms with Crippen molar-refractivity contribution in [1.82, 2.24) is 5.32 Å². The standard InChI is InChI=1S/C25H20N2O2S/c28-24(17-26-25(29)21-14-8-10-18-9-4-5-13-20(18)21)27-22-15-6-7-16-23(22)30-19-11-2-1-3-12-19/h1-16H,17H2,(H,26,29)(H,27,28). The Morgan fingerprint density at radius 1 is 0.733 bits per heavy atom. The van der Waals surface area contributed by atoms with Crippen LogP contribution in [0.3, 0.4) is 0 Å². The zero-order chi connectivity index (χ0) is 20.8. The van der Waals surface area contributed by atoms with Crippen LogP contribution in [0, 0.1) is 0 Å². The first-order chi connectivity index (χ1) is 14.7. The topological polar surface area (TPSA) is 58.2 Å². The van der Waals surface area contributed by atoms with Crippen LogP contribution < -0.4 is 10.6 Å². The number of carbonyl (C=O) groups excluding carboxylic acids is 2. The van der Waals surface area contributed by atoms with Gasteiger partial charge in [0.2, 0.25) is 5.91 Å². The summed E-state index contributed by atoms with van der Waals surface area (Å²) < 4.78 is 0. The molecule has 0 atom stereocenters. The molecule has 30 heavy (non-hydrogen) atoms. The number of benzene rings is 4. The largest absolute Gasteiger partial charge is 0.343 e. The fraction of sp³-hybridized carbons (Fsp3) is 0.0400. The third kappa shape index (κ3) is 4.70. The van der Waals surface area contributed by atoms with Crippen molar-refractivity contribution in [3.05, 3.63) is 103 Å². The molecule has 5 heteroatoms. The third-order valence-electron chi connectivity index (χ3n) is 4.58. The molecule has 148 valence electrons. The van der Waals surface area contributed by atoms with Crippen molar-refractivity contribution in [2.24, 2.45) is 0 Å². The van der Waals surface area contributed by atoms with Crippen LogP contribution in [0.5, 0.6) is 0 Å². The lowest BCUT2D eigenvalue weighted by Crippen LogP contribution is -2.33. The third-order valence-corrected chi connectivity index (χ3v) is 5.66. The summed E-state index contributed by atoms with van der Waals surface area (Å²) in [7, 11) is 0. The highest BCUT2D eigenvalue weighted by molar-refractivity contribution is 7.99. The van der Waals surface area contributed by atoms with Crippen LogP contribution in [0.2, 0.25) is 0 Å². The predicted octanol–water partition coefficient (Wildman–Crippen LogP) is 5.36. The van der Waals surface area contributed by atoms with E-state index in [1.165, 1.54) is 0 Å². The van der Waals surface area contributed by atoms with Crippen LogP contribution in [0.15, 0.2) is 107 Å². The minimum Gasteiger partial charge on any atom is -0.343 e. The lowest BCUT2D eigenvalue weighted by Gasteiger charge is -2.12. The maximum atomic E-state index is 12.6. The van der Waals surface area contributed by atoms with E-state index in [0.717, 1.165) is 26.3 Å². The summed E-state index contributed by atoms with van der Waals surface area (Å²) in [4.78, 5) is 27.1. The second-order valence-electron chi connectivity index (χ2n) is 6.67. The van der Waals surface area contributed by atoms with E-state index in [1.54, 1.807) is 17.8 Å². The Bertz CT molecular complexity index is 1190. The van der Waals surface area contributed by atoms with Gasteiger partial charge in [-0.1, -0.05) is 78.5 Å². The molecule has 0 aliphatic rings. The summed E-state index contributed by atoms with van der Waals surface area (Å²) >= 11 is 1.58. The first-order valence-corrected chi connectivity index (χ1v) is 10.4. The van der Waals surface area contributed by atoms with E-state index in [4.69, 9.17) is 0 Å². The second-order valence-corrected chi connectivity index (χ2v) is 7.78. The Morgan fingerprint density at radius 3 is 2.30 bits per heavy atom. The minimum absolute atomic E-state index is 0.105. The van der Waals surface area contributed by atoms with Crippen molar-refractivity contribution < 1.29 is 9.59 Å². The molecule has 4 aromatic carbocycles. The van der Waals surface area contributed by atoms with Crippen molar-refractivity contribution in [3.63, 3.8) is 0 Å². The SMILES string of the molecule is O=C(CNC(=O)c1cccc2ccccc12)Nc1ccccc1Sc1ccccc1. The van der Waals surface area contributed by atoms with Crippen molar-refractivity contribution in [2.75, 3.05) is 11.9 Å². The Kier molecular flexibility index (Phi) is 6.11. The molecule has 0 bridgehead atoms. The van der Waals surface area contributed by atoms with Gasteiger partial charge in [-0.15, -0.1) is 0 Å². The summed E-state index contributed by atoms with van der Waals surface area (Å²) in [5.74, 6) is -0.543. The molecule has 2 amide bonds. The molecule has 0 fully saturated rings. The maximum Gasteiger partial charge on any atom is 0.252 e. The maximum absolute atomic E-state index is 12.6. The predicted molar refractivity (Wildman–Crippen MR) is 122 cm³/mol. The number of hydrogen-bond donors (Lipinski definition) is 2. The van der Waals surface area contributed by atoms with E-state index in [9.17, 15) is 9.59 Å². The monoisotopic (exact) mass is 412 g/mol. The number of hydrogen-bond acceptors (Lipinski definition) is 3. The molecular weight excluding hydrogens is 392 g/mol. The van der Waals surface area contributed by atoms with Crippen LogP contribution >= 0.6 is 11.8 Å². The zero-order valence-corrected chi connectivity index (χ0v) is 17.0. The van der Waals surface area contributed by atoms with Gasteiger partial charge >= 0.3 is 0 Å². The van der Waals surface area contributed by atoms with Crippen molar-refractivity contribution in [2.45, 2.75) is 9.79 Å². The fourth-order valence-corrected chi connectivity index (χ4v) is 4.07. The molecule has 4 aromatic rings. The highest BCUT2D eigenvalue weighted by atomic mass is 32.2. The molecule has 0 radical (unpaired) electrons. The first-order valence-electron chi connectivity index (χ1n) is 9.58. The average molecular weight is 413 g/mol. The van der Waals surface area contributed by atoms with E-state index in [-0.39, 0.29) is 18.4 Å². The van der Waals surface area contributed by atoms with Gasteiger partial charge in [-0.3, -0.25) is 9.59 Å². The Balaban J connectivity index is 1.41. The fourth-order valence-electron chi connectivity index (χ4n) is 3.15. The summed E-state index contributed by atoms with van der Waals surface area (Å²) in [5.41, 5.74) is 1.27. The molecule has 0 heterocycles. The quantitative estimate of drug-likeness (QED) is 0.448. The molecule has 0 aliphatic heterocycles. The average Bonchev–Trinajstić information content (AvgIpc) is 2.79. The van der Waals surface area contributed by atoms with Gasteiger partial charge < -0.3 is 10.6 Å². The number of para-hydroxylation sites is 1. The number of carbonyl (C=O) groups is 2. The van der Waals surface area contributed by atoms with Crippen LogP contribution in [0.4, 0.5) is 5.69 Å². The van der Waals surface area contributed by atoms with Crippen molar-refractivity contribution in [3.8, 4) is 0 Å². The molecule has 0 aliphatic carbocycles. The number of amides is 2. The smallest absolute Gasteiger partial charge is 0.252 e. The molecule has 0 aromatic heterocycles. The van der Waals surface area contributed by atoms with Crippen LogP contribution in [0.1, 0.15) is 10.4 Å². The first kappa shape index (κ1) is 19.7. The van der Waals surface area contributed by atoms with E-state index >= 15 is 0 Å². The molecule has 2 N–H and O–H groups in total. The summed E-state index contributed by atoms with van der Waals surface area (Å²) in [6.07, 6.45) is 0. The molecule has 0 spiro atoms. The lowest BCUT2D eigenvalue weighted by atomic mass is 10.0. The lowest BCUT2D eigenvalue weighted by molar-refractivity contribution is -0.115. The van der Waals surface area contributed by atoms with Gasteiger partial charge in [0.15, 0.2) is 0 Å². The van der Waals surface area contributed by atoms with Gasteiger partial charge in [-0.2, -0.15) is 0 Å². The molecule has 0 saturated carbocycles. The van der Waals surface area contributed by atoms with Crippen molar-refractivity contribution >= 4 is 40.0 Å². The molecule has 4 nitrogen and oxygen atoms in total. The minimum atomic E-state index is -0.273. The highest BCUT2D eigenvalue weighted by Crippen LogP contribution is 2.33. The molecule has 0 unspecified atom stereocenters. The van der Waals surface area contributed by atoms with Gasteiger partial charge in [-0.25, -0.2) is 0 Å². The molecular formula is C25H20N2O2S. The second kappa shape index (κ2) is 9.29. The van der Waals surface area contributed by atoms with Gasteiger partial charge in [-0.05, 0) is 41.1 Å². The Hall–Kier alpha value is -3.57. The number of nitrogens with one attached hydrogen (secondary N) is 2. The Labute approximate surface area is 179 Å². The van der Waals surface area contributed by atoms with Crippen LogP contribution in [0.25, 0.3) is 10.8 Å². The van der Waals surface area contributed by atoms with E-state index in [1.807, 2.05) is 91.0 Å². The van der Waals surface area contributed by atoms with Crippen molar-refractivity contribution in [1.29, 1.82) is 0 Å². The van der Waals surface area contributed by atoms with E-state index in [0.29, 0.717) is 5.56 Å². The van der Waals surface area contributed by atoms with Gasteiger partial charge in [0.05, 0.1) is 12.2 Å². The van der Waals surface area contributed by atoms with Crippen LogP contribution in [-0.2, 0) is 4.79 Å². The van der Waals surface area contributed by atoms with Gasteiger partial charge in [0.25, 0.3) is 5.91 Å². The van der Waals surface area contributed by atoms with Gasteiger partial charge in [0, 0.05) is 15.4 Å². The number of rotatable bonds is 6. The van der Waals surface area contributed by atoms with Gasteiger partial charge in [0.1, 0.15) is 0 Å². The highest BCUT2D eigenvalue weighted by Gasteiger charge is 2.12. The number of anilines is 1. The molecule has 4 rings (SSSR count). The molecule has 0 saturated heterocycles. The Morgan fingerprint density at radius 2 is 1.43 bits per heavy atom. The summed E-state index contributed by atoms with van der Waals surface area (Å²) in [6, 6.07) is 30.9. The van der Waals surface area contributed by atoms with E-state index in [2.05, 4.69) is 10.6 Å². The summed E-state index contributed by atoms with van der Waals surface area (Å²) in [5, 5.41) is 7.47. The zero-order valence-electron chi connectivity index (χ0n) is 16.2. The number of fused-ring (bicyclic) bond motifs is 1. The van der Waals surface area contributed by atoms with E-state index < -0.39 is 0 Å².